The van der Waals surface area contributed by atoms with Gasteiger partial charge in [0.25, 0.3) is 0 Å². The molecule has 0 aliphatic heterocycles. The van der Waals surface area contributed by atoms with Crippen molar-refractivity contribution in [2.45, 2.75) is 32.3 Å². The number of rotatable bonds is 1. The number of esters is 1. The Morgan fingerprint density at radius 1 is 1.50 bits per heavy atom. The smallest absolute Gasteiger partial charge is 0.303 e. The molecule has 0 spiro atoms. The van der Waals surface area contributed by atoms with Crippen LogP contribution in [0.25, 0.3) is 0 Å². The zero-order valence-electron chi connectivity index (χ0n) is 7.08. The highest BCUT2D eigenvalue weighted by Crippen LogP contribution is 2.47. The summed E-state index contributed by atoms with van der Waals surface area (Å²) in [5.41, 5.74) is 0. The Balaban J connectivity index is 1.97. The summed E-state index contributed by atoms with van der Waals surface area (Å²) in [6.45, 7) is 1.35. The van der Waals surface area contributed by atoms with Crippen LogP contribution in [0.5, 0.6) is 0 Å². The van der Waals surface area contributed by atoms with Gasteiger partial charge in [-0.2, -0.15) is 0 Å². The Morgan fingerprint density at radius 2 is 2.25 bits per heavy atom. The number of carbonyl (C=O) groups is 2. The van der Waals surface area contributed by atoms with Crippen molar-refractivity contribution in [2.24, 2.45) is 11.8 Å². The monoisotopic (exact) mass is 168 g/mol. The van der Waals surface area contributed by atoms with Crippen molar-refractivity contribution >= 4 is 11.8 Å². The predicted molar refractivity (Wildman–Crippen MR) is 41.4 cm³/mol. The molecule has 2 saturated carbocycles. The van der Waals surface area contributed by atoms with Crippen LogP contribution in [-0.2, 0) is 14.3 Å². The lowest BCUT2D eigenvalue weighted by Crippen LogP contribution is -2.31. The zero-order valence-corrected chi connectivity index (χ0v) is 7.08. The van der Waals surface area contributed by atoms with Crippen molar-refractivity contribution in [2.75, 3.05) is 0 Å². The maximum absolute atomic E-state index is 11.4. The standard InChI is InChI=1S/C9H12O3/c1-5(10)12-8-3-2-6-4-7(6)9(8)11/h6-8H,2-4H2,1H3/t6-,7+,8+/m1/s1. The van der Waals surface area contributed by atoms with Crippen LogP contribution >= 0.6 is 0 Å². The minimum atomic E-state index is -0.425. The number of carbonyl (C=O) groups excluding carboxylic acids is 2. The molecule has 0 bridgehead atoms. The molecule has 0 aromatic rings. The maximum atomic E-state index is 11.4. The van der Waals surface area contributed by atoms with E-state index in [1.54, 1.807) is 0 Å². The molecule has 2 rings (SSSR count). The van der Waals surface area contributed by atoms with Crippen molar-refractivity contribution in [3.8, 4) is 0 Å². The van der Waals surface area contributed by atoms with E-state index in [0.29, 0.717) is 5.92 Å². The largest absolute Gasteiger partial charge is 0.455 e. The molecule has 0 unspecified atom stereocenters. The second-order valence-corrected chi connectivity index (χ2v) is 3.68. The Labute approximate surface area is 71.1 Å². The summed E-state index contributed by atoms with van der Waals surface area (Å²) in [5, 5.41) is 0. The lowest BCUT2D eigenvalue weighted by molar-refractivity contribution is -0.155. The number of Topliss-reactive ketones (excluding diaryl/α,β-unsaturated/α-hetero) is 1. The van der Waals surface area contributed by atoms with Gasteiger partial charge in [0.1, 0.15) is 0 Å². The molecule has 0 radical (unpaired) electrons. The normalized spacial score (nSPS) is 38.8. The second-order valence-electron chi connectivity index (χ2n) is 3.68. The third kappa shape index (κ3) is 1.24. The third-order valence-electron chi connectivity index (χ3n) is 2.71. The highest BCUT2D eigenvalue weighted by molar-refractivity contribution is 5.90. The van der Waals surface area contributed by atoms with Gasteiger partial charge >= 0.3 is 5.97 Å². The van der Waals surface area contributed by atoms with Crippen LogP contribution in [0.1, 0.15) is 26.2 Å². The topological polar surface area (TPSA) is 43.4 Å². The molecule has 0 saturated heterocycles. The molecule has 0 aromatic heterocycles. The molecule has 2 aliphatic rings. The molecule has 66 valence electrons. The first-order valence-electron chi connectivity index (χ1n) is 4.39. The molecule has 0 heterocycles. The van der Waals surface area contributed by atoms with Crippen LogP contribution < -0.4 is 0 Å². The molecular weight excluding hydrogens is 156 g/mol. The molecule has 12 heavy (non-hydrogen) atoms. The SMILES string of the molecule is CC(=O)O[C@H]1CC[C@@H]2C[C@@H]2C1=O. The Morgan fingerprint density at radius 3 is 2.92 bits per heavy atom. The van der Waals surface area contributed by atoms with Crippen LogP contribution in [0.15, 0.2) is 0 Å². The summed E-state index contributed by atoms with van der Waals surface area (Å²) in [7, 11) is 0. The maximum Gasteiger partial charge on any atom is 0.303 e. The zero-order chi connectivity index (χ0) is 8.72. The van der Waals surface area contributed by atoms with Gasteiger partial charge in [0.2, 0.25) is 0 Å². The molecule has 0 aromatic carbocycles. The quantitative estimate of drug-likeness (QED) is 0.547. The van der Waals surface area contributed by atoms with E-state index in [4.69, 9.17) is 4.74 Å². The molecule has 0 N–H and O–H groups in total. The van der Waals surface area contributed by atoms with Gasteiger partial charge in [-0.15, -0.1) is 0 Å². The summed E-state index contributed by atoms with van der Waals surface area (Å²) in [6, 6.07) is 0. The molecule has 2 fully saturated rings. The molecule has 2 aliphatic carbocycles. The third-order valence-corrected chi connectivity index (χ3v) is 2.71. The Bertz CT molecular complexity index is 234. The molecule has 3 heteroatoms. The Kier molecular flexibility index (Phi) is 1.67. The van der Waals surface area contributed by atoms with E-state index >= 15 is 0 Å². The fraction of sp³-hybridized carbons (Fsp3) is 0.778. The van der Waals surface area contributed by atoms with Gasteiger partial charge in [-0.25, -0.2) is 0 Å². The fourth-order valence-electron chi connectivity index (χ4n) is 1.98. The van der Waals surface area contributed by atoms with Crippen LogP contribution in [0.3, 0.4) is 0 Å². The highest BCUT2D eigenvalue weighted by atomic mass is 16.5. The predicted octanol–water partition coefficient (Wildman–Crippen LogP) is 0.917. The van der Waals surface area contributed by atoms with Gasteiger partial charge in [-0.1, -0.05) is 0 Å². The van der Waals surface area contributed by atoms with Crippen molar-refractivity contribution in [3.63, 3.8) is 0 Å². The molecule has 0 amide bonds. The molecule has 3 atom stereocenters. The van der Waals surface area contributed by atoms with Crippen LogP contribution in [0.2, 0.25) is 0 Å². The van der Waals surface area contributed by atoms with Gasteiger partial charge in [-0.05, 0) is 25.2 Å². The summed E-state index contributed by atoms with van der Waals surface area (Å²) in [5.74, 6) is 0.654. The average Bonchev–Trinajstić information content (AvgIpc) is 2.73. The summed E-state index contributed by atoms with van der Waals surface area (Å²) in [4.78, 5) is 22.0. The minimum Gasteiger partial charge on any atom is -0.455 e. The summed E-state index contributed by atoms with van der Waals surface area (Å²) < 4.78 is 4.91. The average molecular weight is 168 g/mol. The van der Waals surface area contributed by atoms with E-state index in [9.17, 15) is 9.59 Å². The van der Waals surface area contributed by atoms with Gasteiger partial charge in [-0.3, -0.25) is 9.59 Å². The number of ketones is 1. The van der Waals surface area contributed by atoms with Gasteiger partial charge in [0, 0.05) is 12.8 Å². The first-order chi connectivity index (χ1) is 5.68. The second kappa shape index (κ2) is 2.57. The lowest BCUT2D eigenvalue weighted by atomic mass is 9.96. The lowest BCUT2D eigenvalue weighted by Gasteiger charge is -2.19. The van der Waals surface area contributed by atoms with Crippen molar-refractivity contribution in [1.29, 1.82) is 0 Å². The summed E-state index contributed by atoms with van der Waals surface area (Å²) in [6.07, 6.45) is 2.39. The van der Waals surface area contributed by atoms with E-state index in [1.165, 1.54) is 6.92 Å². The number of fused-ring (bicyclic) bond motifs is 1. The van der Waals surface area contributed by atoms with Gasteiger partial charge in [0.15, 0.2) is 11.9 Å². The fourth-order valence-corrected chi connectivity index (χ4v) is 1.98. The first kappa shape index (κ1) is 7.77. The minimum absolute atomic E-state index is 0.154. The van der Waals surface area contributed by atoms with E-state index in [0.717, 1.165) is 19.3 Å². The number of hydrogen-bond donors (Lipinski definition) is 0. The van der Waals surface area contributed by atoms with Gasteiger partial charge < -0.3 is 4.74 Å². The van der Waals surface area contributed by atoms with Crippen molar-refractivity contribution in [1.82, 2.24) is 0 Å². The van der Waals surface area contributed by atoms with E-state index in [1.807, 2.05) is 0 Å². The van der Waals surface area contributed by atoms with Crippen LogP contribution in [-0.4, -0.2) is 17.9 Å². The Hall–Kier alpha value is -0.860. The number of ether oxygens (including phenoxy) is 1. The summed E-state index contributed by atoms with van der Waals surface area (Å²) >= 11 is 0. The van der Waals surface area contributed by atoms with E-state index in [-0.39, 0.29) is 17.7 Å². The highest BCUT2D eigenvalue weighted by Gasteiger charge is 2.49. The molecular formula is C9H12O3. The first-order valence-corrected chi connectivity index (χ1v) is 4.39. The van der Waals surface area contributed by atoms with Gasteiger partial charge in [0.05, 0.1) is 0 Å². The van der Waals surface area contributed by atoms with E-state index in [2.05, 4.69) is 0 Å². The molecule has 3 nitrogen and oxygen atoms in total. The number of hydrogen-bond acceptors (Lipinski definition) is 3. The van der Waals surface area contributed by atoms with Crippen molar-refractivity contribution in [3.05, 3.63) is 0 Å². The van der Waals surface area contributed by atoms with Crippen LogP contribution in [0.4, 0.5) is 0 Å². The van der Waals surface area contributed by atoms with E-state index < -0.39 is 6.10 Å². The van der Waals surface area contributed by atoms with Crippen molar-refractivity contribution < 1.29 is 14.3 Å². The van der Waals surface area contributed by atoms with Crippen LogP contribution in [0, 0.1) is 11.8 Å².